The van der Waals surface area contributed by atoms with E-state index in [0.717, 1.165) is 29.7 Å². The first kappa shape index (κ1) is 12.6. The van der Waals surface area contributed by atoms with Crippen LogP contribution in [-0.4, -0.2) is 34.0 Å². The van der Waals surface area contributed by atoms with Gasteiger partial charge < -0.3 is 14.4 Å². The first-order valence-electron chi connectivity index (χ1n) is 6.82. The van der Waals surface area contributed by atoms with E-state index in [2.05, 4.69) is 9.55 Å². The number of hydrogen-bond acceptors (Lipinski definition) is 3. The van der Waals surface area contributed by atoms with Gasteiger partial charge in [-0.2, -0.15) is 0 Å². The van der Waals surface area contributed by atoms with Crippen LogP contribution in [0.2, 0.25) is 0 Å². The number of methoxy groups -OCH3 is 1. The highest BCUT2D eigenvalue weighted by Crippen LogP contribution is 2.36. The molecule has 1 fully saturated rings. The summed E-state index contributed by atoms with van der Waals surface area (Å²) in [4.78, 5) is 4.60. The monoisotopic (exact) mass is 260 g/mol. The summed E-state index contributed by atoms with van der Waals surface area (Å²) in [5, 5.41) is 10.3. The number of hydrogen-bond donors (Lipinski definition) is 1. The third-order valence-electron chi connectivity index (χ3n) is 4.01. The van der Waals surface area contributed by atoms with Crippen molar-refractivity contribution in [3.63, 3.8) is 0 Å². The largest absolute Gasteiger partial charge is 0.390 e. The molecule has 0 aliphatic heterocycles. The molecule has 102 valence electrons. The number of aromatic nitrogens is 2. The second kappa shape index (κ2) is 4.94. The Morgan fingerprint density at radius 2 is 2.16 bits per heavy atom. The smallest absolute Gasteiger partial charge is 0.112 e. The molecule has 2 unspecified atom stereocenters. The predicted molar refractivity (Wildman–Crippen MR) is 73.9 cm³/mol. The standard InChI is InChI=1S/C15H20N2O2/c1-17-12-6-4-3-5-11(12)16-14(17)9-13(18)15(19-2)10-7-8-10/h3-6,10,13,15,18H,7-9H2,1-2H3. The Bertz CT molecular complexity index is 575. The average molecular weight is 260 g/mol. The van der Waals surface area contributed by atoms with Crippen molar-refractivity contribution in [2.24, 2.45) is 13.0 Å². The van der Waals surface area contributed by atoms with Crippen molar-refractivity contribution in [3.05, 3.63) is 30.1 Å². The van der Waals surface area contributed by atoms with Gasteiger partial charge in [-0.15, -0.1) is 0 Å². The number of fused-ring (bicyclic) bond motifs is 1. The first-order chi connectivity index (χ1) is 9.20. The van der Waals surface area contributed by atoms with Crippen molar-refractivity contribution < 1.29 is 9.84 Å². The summed E-state index contributed by atoms with van der Waals surface area (Å²) in [5.74, 6) is 1.44. The van der Waals surface area contributed by atoms with Crippen molar-refractivity contribution in [2.75, 3.05) is 7.11 Å². The van der Waals surface area contributed by atoms with Crippen molar-refractivity contribution in [1.29, 1.82) is 0 Å². The van der Waals surface area contributed by atoms with Gasteiger partial charge in [0.2, 0.25) is 0 Å². The van der Waals surface area contributed by atoms with Crippen LogP contribution in [0.25, 0.3) is 11.0 Å². The maximum Gasteiger partial charge on any atom is 0.112 e. The van der Waals surface area contributed by atoms with Crippen molar-refractivity contribution in [2.45, 2.75) is 31.5 Å². The van der Waals surface area contributed by atoms with Gasteiger partial charge in [0.25, 0.3) is 0 Å². The van der Waals surface area contributed by atoms with E-state index in [1.165, 1.54) is 0 Å². The molecule has 2 aromatic rings. The Balaban J connectivity index is 1.82. The molecule has 0 radical (unpaired) electrons. The Morgan fingerprint density at radius 3 is 2.79 bits per heavy atom. The second-order valence-electron chi connectivity index (χ2n) is 5.38. The average Bonchev–Trinajstić information content (AvgIpc) is 3.18. The minimum absolute atomic E-state index is 0.0557. The van der Waals surface area contributed by atoms with Crippen molar-refractivity contribution >= 4 is 11.0 Å². The molecule has 0 bridgehead atoms. The predicted octanol–water partition coefficient (Wildman–Crippen LogP) is 1.90. The molecule has 1 aliphatic carbocycles. The number of imidazole rings is 1. The van der Waals surface area contributed by atoms with Gasteiger partial charge in [-0.1, -0.05) is 12.1 Å². The molecule has 4 nitrogen and oxygen atoms in total. The lowest BCUT2D eigenvalue weighted by Gasteiger charge is -2.20. The van der Waals surface area contributed by atoms with E-state index < -0.39 is 6.10 Å². The van der Waals surface area contributed by atoms with Crippen LogP contribution >= 0.6 is 0 Å². The van der Waals surface area contributed by atoms with E-state index in [9.17, 15) is 5.11 Å². The lowest BCUT2D eigenvalue weighted by atomic mass is 10.1. The number of para-hydroxylation sites is 2. The summed E-state index contributed by atoms with van der Waals surface area (Å²) in [6.07, 6.45) is 2.34. The fourth-order valence-electron chi connectivity index (χ4n) is 2.77. The Morgan fingerprint density at radius 1 is 1.42 bits per heavy atom. The summed E-state index contributed by atoms with van der Waals surface area (Å²) in [6, 6.07) is 8.04. The van der Waals surface area contributed by atoms with Crippen LogP contribution in [0.4, 0.5) is 0 Å². The van der Waals surface area contributed by atoms with Crippen LogP contribution < -0.4 is 0 Å². The SMILES string of the molecule is COC(C(O)Cc1nc2ccccc2n1C)C1CC1. The molecule has 1 aromatic carbocycles. The topological polar surface area (TPSA) is 47.3 Å². The van der Waals surface area contributed by atoms with Crippen molar-refractivity contribution in [3.8, 4) is 0 Å². The molecule has 2 atom stereocenters. The van der Waals surface area contributed by atoms with Gasteiger partial charge in [-0.3, -0.25) is 0 Å². The molecule has 4 heteroatoms. The molecule has 1 saturated carbocycles. The van der Waals surface area contributed by atoms with Crippen LogP contribution in [0.3, 0.4) is 0 Å². The number of benzene rings is 1. The van der Waals surface area contributed by atoms with Gasteiger partial charge in [-0.05, 0) is 30.9 Å². The minimum Gasteiger partial charge on any atom is -0.390 e. The number of ether oxygens (including phenoxy) is 1. The molecule has 0 amide bonds. The van der Waals surface area contributed by atoms with Crippen molar-refractivity contribution in [1.82, 2.24) is 9.55 Å². The highest BCUT2D eigenvalue weighted by Gasteiger charge is 2.36. The van der Waals surface area contributed by atoms with Crippen LogP contribution in [0.1, 0.15) is 18.7 Å². The van der Waals surface area contributed by atoms with E-state index in [1.807, 2.05) is 31.3 Å². The maximum absolute atomic E-state index is 10.3. The van der Waals surface area contributed by atoms with Gasteiger partial charge in [-0.25, -0.2) is 4.98 Å². The molecule has 0 spiro atoms. The zero-order chi connectivity index (χ0) is 13.4. The molecule has 1 aromatic heterocycles. The molecular weight excluding hydrogens is 240 g/mol. The molecule has 1 N–H and O–H groups in total. The summed E-state index contributed by atoms with van der Waals surface area (Å²) in [5.41, 5.74) is 2.08. The first-order valence-corrected chi connectivity index (χ1v) is 6.82. The third-order valence-corrected chi connectivity index (χ3v) is 4.01. The fourth-order valence-corrected chi connectivity index (χ4v) is 2.77. The van der Waals surface area contributed by atoms with E-state index in [1.54, 1.807) is 7.11 Å². The normalized spacial score (nSPS) is 18.7. The second-order valence-corrected chi connectivity index (χ2v) is 5.38. The summed E-state index contributed by atoms with van der Waals surface area (Å²) in [7, 11) is 3.68. The summed E-state index contributed by atoms with van der Waals surface area (Å²) in [6.45, 7) is 0. The summed E-state index contributed by atoms with van der Waals surface area (Å²) < 4.78 is 7.49. The Hall–Kier alpha value is -1.39. The quantitative estimate of drug-likeness (QED) is 0.893. The molecular formula is C15H20N2O2. The third kappa shape index (κ3) is 2.38. The zero-order valence-electron chi connectivity index (χ0n) is 11.4. The number of aliphatic hydroxyl groups excluding tert-OH is 1. The van der Waals surface area contributed by atoms with Crippen LogP contribution in [-0.2, 0) is 18.2 Å². The van der Waals surface area contributed by atoms with Crippen LogP contribution in [0.5, 0.6) is 0 Å². The van der Waals surface area contributed by atoms with E-state index in [4.69, 9.17) is 4.74 Å². The summed E-state index contributed by atoms with van der Waals surface area (Å²) >= 11 is 0. The van der Waals surface area contributed by atoms with Gasteiger partial charge in [0.15, 0.2) is 0 Å². The van der Waals surface area contributed by atoms with Gasteiger partial charge >= 0.3 is 0 Å². The lowest BCUT2D eigenvalue weighted by Crippen LogP contribution is -2.32. The highest BCUT2D eigenvalue weighted by molar-refractivity contribution is 5.75. The molecule has 3 rings (SSSR count). The van der Waals surface area contributed by atoms with E-state index >= 15 is 0 Å². The van der Waals surface area contributed by atoms with Gasteiger partial charge in [0.1, 0.15) is 5.82 Å². The number of aliphatic hydroxyl groups is 1. The van der Waals surface area contributed by atoms with Crippen LogP contribution in [0.15, 0.2) is 24.3 Å². The maximum atomic E-state index is 10.3. The Labute approximate surface area is 113 Å². The minimum atomic E-state index is -0.479. The number of nitrogens with zero attached hydrogens (tertiary/aromatic N) is 2. The Kier molecular flexibility index (Phi) is 3.29. The molecule has 0 saturated heterocycles. The zero-order valence-corrected chi connectivity index (χ0v) is 11.4. The fraction of sp³-hybridized carbons (Fsp3) is 0.533. The molecule has 1 aliphatic rings. The molecule has 1 heterocycles. The number of aryl methyl sites for hydroxylation is 1. The molecule has 19 heavy (non-hydrogen) atoms. The van der Waals surface area contributed by atoms with Gasteiger partial charge in [0.05, 0.1) is 23.2 Å². The highest BCUT2D eigenvalue weighted by atomic mass is 16.5. The lowest BCUT2D eigenvalue weighted by molar-refractivity contribution is -0.0248. The van der Waals surface area contributed by atoms with Gasteiger partial charge in [0, 0.05) is 20.6 Å². The van der Waals surface area contributed by atoms with Crippen LogP contribution in [0, 0.1) is 5.92 Å². The van der Waals surface area contributed by atoms with E-state index in [0.29, 0.717) is 12.3 Å². The van der Waals surface area contributed by atoms with E-state index in [-0.39, 0.29) is 6.10 Å². The number of rotatable bonds is 5.